The van der Waals surface area contributed by atoms with Gasteiger partial charge in [0.05, 0.1) is 17.0 Å². The molecule has 1 aliphatic rings. The number of aliphatic hydroxyl groups excluding tert-OH is 1. The van der Waals surface area contributed by atoms with E-state index in [9.17, 15) is 13.5 Å². The maximum absolute atomic E-state index is 13.5. The Morgan fingerprint density at radius 2 is 1.73 bits per heavy atom. The van der Waals surface area contributed by atoms with Gasteiger partial charge >= 0.3 is 0 Å². The number of pyridine rings is 1. The lowest BCUT2D eigenvalue weighted by Gasteiger charge is -2.39. The smallest absolute Gasteiger partial charge is 0.244 e. The van der Waals surface area contributed by atoms with E-state index in [4.69, 9.17) is 0 Å². The van der Waals surface area contributed by atoms with E-state index in [1.807, 2.05) is 49.3 Å². The summed E-state index contributed by atoms with van der Waals surface area (Å²) in [5.74, 6) is 0. The van der Waals surface area contributed by atoms with Crippen molar-refractivity contribution in [3.63, 3.8) is 0 Å². The van der Waals surface area contributed by atoms with E-state index in [1.165, 1.54) is 4.31 Å². The molecule has 1 aliphatic heterocycles. The van der Waals surface area contributed by atoms with Gasteiger partial charge in [-0.15, -0.1) is 0 Å². The third-order valence-electron chi connectivity index (χ3n) is 5.52. The van der Waals surface area contributed by atoms with Gasteiger partial charge in [-0.1, -0.05) is 36.4 Å². The van der Waals surface area contributed by atoms with Gasteiger partial charge in [0.1, 0.15) is 0 Å². The maximum atomic E-state index is 13.5. The SMILES string of the molecule is CN(C)c1ccc(C[C@@H]2[C@H](O)c3ccccc3S(=O)(=O)N2Cc2cccnc2)cc1. The van der Waals surface area contributed by atoms with E-state index in [0.29, 0.717) is 12.0 Å². The van der Waals surface area contributed by atoms with Crippen molar-refractivity contribution < 1.29 is 13.5 Å². The predicted octanol–water partition coefficient (Wildman–Crippen LogP) is 3.00. The number of nitrogens with zero attached hydrogens (tertiary/aromatic N) is 3. The normalized spacial score (nSPS) is 20.5. The highest BCUT2D eigenvalue weighted by molar-refractivity contribution is 7.89. The summed E-state index contributed by atoms with van der Waals surface area (Å²) < 4.78 is 28.4. The summed E-state index contributed by atoms with van der Waals surface area (Å²) in [6, 6.07) is 17.7. The number of aromatic nitrogens is 1. The third-order valence-corrected chi connectivity index (χ3v) is 7.46. The molecule has 1 N–H and O–H groups in total. The summed E-state index contributed by atoms with van der Waals surface area (Å²) in [7, 11) is 0.175. The second-order valence-electron chi connectivity index (χ2n) is 7.73. The van der Waals surface area contributed by atoms with E-state index < -0.39 is 22.2 Å². The van der Waals surface area contributed by atoms with Crippen LogP contribution < -0.4 is 4.90 Å². The Morgan fingerprint density at radius 3 is 2.40 bits per heavy atom. The average molecular weight is 424 g/mol. The molecule has 0 radical (unpaired) electrons. The van der Waals surface area contributed by atoms with E-state index in [1.54, 1.807) is 42.7 Å². The van der Waals surface area contributed by atoms with Crippen molar-refractivity contribution in [1.82, 2.24) is 9.29 Å². The minimum atomic E-state index is -3.77. The average Bonchev–Trinajstić information content (AvgIpc) is 2.76. The van der Waals surface area contributed by atoms with Gasteiger partial charge in [0, 0.05) is 44.3 Å². The molecule has 0 aliphatic carbocycles. The summed E-state index contributed by atoms with van der Waals surface area (Å²) in [5.41, 5.74) is 3.26. The number of sulfonamides is 1. The van der Waals surface area contributed by atoms with Crippen molar-refractivity contribution in [2.45, 2.75) is 30.0 Å². The number of aliphatic hydroxyl groups is 1. The summed E-state index contributed by atoms with van der Waals surface area (Å²) in [5, 5.41) is 11.2. The number of benzene rings is 2. The Balaban J connectivity index is 1.74. The van der Waals surface area contributed by atoms with Crippen molar-refractivity contribution in [2.24, 2.45) is 0 Å². The van der Waals surface area contributed by atoms with Crippen molar-refractivity contribution in [1.29, 1.82) is 0 Å². The Kier molecular flexibility index (Phi) is 5.60. The van der Waals surface area contributed by atoms with Crippen LogP contribution in [0.3, 0.4) is 0 Å². The molecule has 2 heterocycles. The first-order valence-corrected chi connectivity index (χ1v) is 11.3. The molecule has 1 aromatic heterocycles. The van der Waals surface area contributed by atoms with Gasteiger partial charge in [-0.25, -0.2) is 8.42 Å². The van der Waals surface area contributed by atoms with Gasteiger partial charge in [-0.3, -0.25) is 4.98 Å². The van der Waals surface area contributed by atoms with Crippen LogP contribution in [-0.4, -0.2) is 43.0 Å². The molecule has 7 heteroatoms. The summed E-state index contributed by atoms with van der Waals surface area (Å²) >= 11 is 0. The molecule has 2 atom stereocenters. The van der Waals surface area contributed by atoms with Crippen LogP contribution in [0.1, 0.15) is 22.8 Å². The van der Waals surface area contributed by atoms with E-state index in [-0.39, 0.29) is 11.4 Å². The molecule has 30 heavy (non-hydrogen) atoms. The van der Waals surface area contributed by atoms with E-state index in [2.05, 4.69) is 4.98 Å². The van der Waals surface area contributed by atoms with Crippen molar-refractivity contribution in [2.75, 3.05) is 19.0 Å². The molecule has 156 valence electrons. The van der Waals surface area contributed by atoms with Crippen LogP contribution in [0.25, 0.3) is 0 Å². The van der Waals surface area contributed by atoms with Crippen LogP contribution in [0.2, 0.25) is 0 Å². The molecular formula is C23H25N3O3S. The Hall–Kier alpha value is -2.74. The van der Waals surface area contributed by atoms with Gasteiger partial charge < -0.3 is 10.0 Å². The van der Waals surface area contributed by atoms with Crippen LogP contribution in [0, 0.1) is 0 Å². The summed E-state index contributed by atoms with van der Waals surface area (Å²) in [6.07, 6.45) is 2.80. The van der Waals surface area contributed by atoms with Crippen molar-refractivity contribution in [3.8, 4) is 0 Å². The standard InChI is InChI=1S/C23H25N3O3S/c1-25(2)19-11-9-17(10-12-19)14-21-23(27)20-7-3-4-8-22(20)30(28,29)26(21)16-18-6-5-13-24-15-18/h3-13,15,21,23,27H,14,16H2,1-2H3/t21-,23-/m1/s1. The third kappa shape index (κ3) is 3.84. The molecule has 0 spiro atoms. The van der Waals surface area contributed by atoms with Crippen LogP contribution in [0.4, 0.5) is 5.69 Å². The highest BCUT2D eigenvalue weighted by Crippen LogP contribution is 2.39. The molecule has 2 aromatic carbocycles. The molecule has 0 saturated heterocycles. The first-order chi connectivity index (χ1) is 14.4. The largest absolute Gasteiger partial charge is 0.387 e. The Labute approximate surface area is 177 Å². The molecule has 0 bridgehead atoms. The van der Waals surface area contributed by atoms with E-state index >= 15 is 0 Å². The summed E-state index contributed by atoms with van der Waals surface area (Å²) in [4.78, 5) is 6.28. The number of anilines is 1. The van der Waals surface area contributed by atoms with Gasteiger partial charge in [-0.05, 0) is 41.8 Å². The zero-order valence-corrected chi connectivity index (χ0v) is 17.8. The number of rotatable bonds is 5. The Bertz CT molecular complexity index is 1120. The van der Waals surface area contributed by atoms with Gasteiger partial charge in [-0.2, -0.15) is 4.31 Å². The monoisotopic (exact) mass is 423 g/mol. The second kappa shape index (κ2) is 8.18. The lowest BCUT2D eigenvalue weighted by atomic mass is 9.95. The maximum Gasteiger partial charge on any atom is 0.244 e. The van der Waals surface area contributed by atoms with Gasteiger partial charge in [0.25, 0.3) is 0 Å². The highest BCUT2D eigenvalue weighted by atomic mass is 32.2. The van der Waals surface area contributed by atoms with Crippen molar-refractivity contribution in [3.05, 3.63) is 89.7 Å². The molecule has 3 aromatic rings. The molecular weight excluding hydrogens is 398 g/mol. The Morgan fingerprint density at radius 1 is 1.00 bits per heavy atom. The lowest BCUT2D eigenvalue weighted by Crippen LogP contribution is -2.48. The minimum absolute atomic E-state index is 0.155. The lowest BCUT2D eigenvalue weighted by molar-refractivity contribution is 0.0769. The fraction of sp³-hybridized carbons (Fsp3) is 0.261. The van der Waals surface area contributed by atoms with Crippen molar-refractivity contribution >= 4 is 15.7 Å². The first kappa shape index (κ1) is 20.5. The molecule has 0 amide bonds. The molecule has 0 unspecified atom stereocenters. The van der Waals surface area contributed by atoms with Crippen LogP contribution in [0.5, 0.6) is 0 Å². The fourth-order valence-electron chi connectivity index (χ4n) is 3.89. The molecule has 4 rings (SSSR count). The second-order valence-corrected chi connectivity index (χ2v) is 9.59. The minimum Gasteiger partial charge on any atom is -0.387 e. The van der Waals surface area contributed by atoms with E-state index in [0.717, 1.165) is 16.8 Å². The van der Waals surface area contributed by atoms with Crippen LogP contribution in [-0.2, 0) is 23.0 Å². The summed E-state index contributed by atoms with van der Waals surface area (Å²) in [6.45, 7) is 0.155. The molecule has 0 fully saturated rings. The van der Waals surface area contributed by atoms with Gasteiger partial charge in [0.15, 0.2) is 0 Å². The van der Waals surface area contributed by atoms with Crippen LogP contribution in [0.15, 0.2) is 78.0 Å². The molecule has 0 saturated carbocycles. The topological polar surface area (TPSA) is 73.7 Å². The zero-order valence-electron chi connectivity index (χ0n) is 17.0. The van der Waals surface area contributed by atoms with Gasteiger partial charge in [0.2, 0.25) is 10.0 Å². The first-order valence-electron chi connectivity index (χ1n) is 9.82. The molecule has 6 nitrogen and oxygen atoms in total. The highest BCUT2D eigenvalue weighted by Gasteiger charge is 2.43. The predicted molar refractivity (Wildman–Crippen MR) is 117 cm³/mol. The quantitative estimate of drug-likeness (QED) is 0.683. The number of fused-ring (bicyclic) bond motifs is 1. The van der Waals surface area contributed by atoms with Crippen LogP contribution >= 0.6 is 0 Å². The zero-order chi connectivity index (χ0) is 21.3. The fourth-order valence-corrected chi connectivity index (χ4v) is 5.74. The number of hydrogen-bond acceptors (Lipinski definition) is 5. The number of hydrogen-bond donors (Lipinski definition) is 1.